The number of alkyl halides is 2. The van der Waals surface area contributed by atoms with Crippen LogP contribution in [0.2, 0.25) is 0 Å². The summed E-state index contributed by atoms with van der Waals surface area (Å²) >= 11 is 0. The minimum Gasteiger partial charge on any atom is -0.435 e. The lowest BCUT2D eigenvalue weighted by atomic mass is 10.1. The van der Waals surface area contributed by atoms with Crippen molar-refractivity contribution in [3.8, 4) is 5.75 Å². The van der Waals surface area contributed by atoms with E-state index in [2.05, 4.69) is 14.8 Å². The van der Waals surface area contributed by atoms with E-state index in [9.17, 15) is 8.78 Å². The summed E-state index contributed by atoms with van der Waals surface area (Å²) in [4.78, 5) is 2.64. The Kier molecular flexibility index (Phi) is 3.88. The maximum atomic E-state index is 11.9. The number of azide groups is 1. The topological polar surface area (TPSA) is 58.0 Å². The fraction of sp³-hybridized carbons (Fsp3) is 0.333. The minimum absolute atomic E-state index is 0.0579. The number of hydrogen-bond acceptors (Lipinski definition) is 2. The third kappa shape index (κ3) is 3.44. The standard InChI is InChI=1S/C9H9F2N3O/c1-6(13-14-12)7-3-2-4-8(5-7)15-9(10)11/h2-6,9H,1H3/t6-/m0/s1. The highest BCUT2D eigenvalue weighted by atomic mass is 19.3. The molecule has 0 bridgehead atoms. The smallest absolute Gasteiger partial charge is 0.387 e. The molecule has 0 spiro atoms. The molecule has 0 aliphatic heterocycles. The van der Waals surface area contributed by atoms with Gasteiger partial charge in [-0.25, -0.2) is 0 Å². The quantitative estimate of drug-likeness (QED) is 0.427. The first-order chi connectivity index (χ1) is 7.13. The van der Waals surface area contributed by atoms with Gasteiger partial charge in [-0.3, -0.25) is 0 Å². The van der Waals surface area contributed by atoms with Gasteiger partial charge in [0, 0.05) is 4.91 Å². The lowest BCUT2D eigenvalue weighted by molar-refractivity contribution is -0.0498. The number of hydrogen-bond donors (Lipinski definition) is 0. The van der Waals surface area contributed by atoms with Gasteiger partial charge in [-0.2, -0.15) is 8.78 Å². The van der Waals surface area contributed by atoms with E-state index in [1.54, 1.807) is 19.1 Å². The highest BCUT2D eigenvalue weighted by molar-refractivity contribution is 5.30. The zero-order valence-electron chi connectivity index (χ0n) is 7.97. The molecule has 1 aromatic carbocycles. The number of halogens is 2. The molecule has 0 fully saturated rings. The molecule has 0 saturated carbocycles. The predicted octanol–water partition coefficient (Wildman–Crippen LogP) is 3.66. The van der Waals surface area contributed by atoms with Gasteiger partial charge in [-0.1, -0.05) is 24.2 Å². The van der Waals surface area contributed by atoms with Crippen LogP contribution >= 0.6 is 0 Å². The largest absolute Gasteiger partial charge is 0.435 e. The van der Waals surface area contributed by atoms with Crippen LogP contribution in [0.1, 0.15) is 18.5 Å². The molecule has 0 radical (unpaired) electrons. The van der Waals surface area contributed by atoms with Crippen LogP contribution in [-0.4, -0.2) is 6.61 Å². The molecule has 0 N–H and O–H groups in total. The van der Waals surface area contributed by atoms with E-state index < -0.39 is 12.7 Å². The van der Waals surface area contributed by atoms with E-state index >= 15 is 0 Å². The number of rotatable bonds is 4. The first kappa shape index (κ1) is 11.3. The van der Waals surface area contributed by atoms with Crippen molar-refractivity contribution in [2.45, 2.75) is 19.6 Å². The third-order valence-electron chi connectivity index (χ3n) is 1.79. The Labute approximate surface area is 85.1 Å². The van der Waals surface area contributed by atoms with Gasteiger partial charge in [0.05, 0.1) is 6.04 Å². The maximum Gasteiger partial charge on any atom is 0.387 e. The molecule has 0 aliphatic rings. The fourth-order valence-electron chi connectivity index (χ4n) is 1.09. The first-order valence-corrected chi connectivity index (χ1v) is 4.22. The summed E-state index contributed by atoms with van der Waals surface area (Å²) in [6.45, 7) is -1.18. The Balaban J connectivity index is 2.86. The predicted molar refractivity (Wildman–Crippen MR) is 50.6 cm³/mol. The van der Waals surface area contributed by atoms with Crippen molar-refractivity contribution in [3.05, 3.63) is 40.3 Å². The SMILES string of the molecule is C[C@H](N=[N+]=[N-])c1cccc(OC(F)F)c1. The second-order valence-electron chi connectivity index (χ2n) is 2.83. The Hall–Kier alpha value is -1.81. The Morgan fingerprint density at radius 2 is 2.20 bits per heavy atom. The van der Waals surface area contributed by atoms with E-state index in [1.807, 2.05) is 0 Å². The Morgan fingerprint density at radius 1 is 1.47 bits per heavy atom. The van der Waals surface area contributed by atoms with Crippen LogP contribution in [0.5, 0.6) is 5.75 Å². The highest BCUT2D eigenvalue weighted by Crippen LogP contribution is 2.22. The molecular formula is C9H9F2N3O. The van der Waals surface area contributed by atoms with E-state index in [-0.39, 0.29) is 5.75 Å². The second kappa shape index (κ2) is 5.17. The summed E-state index contributed by atoms with van der Waals surface area (Å²) in [5.74, 6) is 0.0579. The van der Waals surface area contributed by atoms with E-state index in [0.717, 1.165) is 0 Å². The van der Waals surface area contributed by atoms with Crippen molar-refractivity contribution >= 4 is 0 Å². The summed E-state index contributed by atoms with van der Waals surface area (Å²) in [6.07, 6.45) is 0. The molecule has 1 rings (SSSR count). The first-order valence-electron chi connectivity index (χ1n) is 4.22. The Bertz CT molecular complexity index is 377. The summed E-state index contributed by atoms with van der Waals surface area (Å²) < 4.78 is 28.0. The van der Waals surface area contributed by atoms with Gasteiger partial charge in [-0.15, -0.1) is 0 Å². The van der Waals surface area contributed by atoms with Gasteiger partial charge in [0.2, 0.25) is 0 Å². The molecule has 0 aromatic heterocycles. The summed E-state index contributed by atoms with van der Waals surface area (Å²) in [6, 6.07) is 5.68. The molecule has 0 saturated heterocycles. The van der Waals surface area contributed by atoms with Crippen LogP contribution in [0.4, 0.5) is 8.78 Å². The van der Waals surface area contributed by atoms with Crippen LogP contribution in [-0.2, 0) is 0 Å². The fourth-order valence-corrected chi connectivity index (χ4v) is 1.09. The van der Waals surface area contributed by atoms with Gasteiger partial charge in [0.25, 0.3) is 0 Å². The third-order valence-corrected chi connectivity index (χ3v) is 1.79. The monoisotopic (exact) mass is 213 g/mol. The molecule has 0 amide bonds. The molecule has 0 heterocycles. The van der Waals surface area contributed by atoms with Gasteiger partial charge in [-0.05, 0) is 23.2 Å². The van der Waals surface area contributed by atoms with E-state index in [4.69, 9.17) is 5.53 Å². The minimum atomic E-state index is -2.85. The average Bonchev–Trinajstić information content (AvgIpc) is 2.17. The van der Waals surface area contributed by atoms with Crippen LogP contribution in [0, 0.1) is 0 Å². The van der Waals surface area contributed by atoms with Crippen molar-refractivity contribution in [3.63, 3.8) is 0 Å². The van der Waals surface area contributed by atoms with E-state index in [0.29, 0.717) is 5.56 Å². The van der Waals surface area contributed by atoms with Crippen molar-refractivity contribution < 1.29 is 13.5 Å². The zero-order valence-corrected chi connectivity index (χ0v) is 7.97. The average molecular weight is 213 g/mol. The Morgan fingerprint density at radius 3 is 2.80 bits per heavy atom. The lowest BCUT2D eigenvalue weighted by Crippen LogP contribution is -2.02. The molecule has 1 aromatic rings. The molecule has 6 heteroatoms. The van der Waals surface area contributed by atoms with Crippen molar-refractivity contribution in [1.29, 1.82) is 0 Å². The maximum absolute atomic E-state index is 11.9. The molecule has 80 valence electrons. The zero-order chi connectivity index (χ0) is 11.3. The molecule has 1 atom stereocenters. The van der Waals surface area contributed by atoms with Crippen LogP contribution < -0.4 is 4.74 Å². The van der Waals surface area contributed by atoms with Crippen LogP contribution in [0.15, 0.2) is 29.4 Å². The number of ether oxygens (including phenoxy) is 1. The van der Waals surface area contributed by atoms with Crippen LogP contribution in [0.25, 0.3) is 10.4 Å². The lowest BCUT2D eigenvalue weighted by Gasteiger charge is -2.08. The molecule has 0 unspecified atom stereocenters. The van der Waals surface area contributed by atoms with Crippen molar-refractivity contribution in [2.75, 3.05) is 0 Å². The van der Waals surface area contributed by atoms with Gasteiger partial charge < -0.3 is 4.74 Å². The van der Waals surface area contributed by atoms with Gasteiger partial charge in [0.1, 0.15) is 5.75 Å². The number of benzene rings is 1. The van der Waals surface area contributed by atoms with Crippen molar-refractivity contribution in [2.24, 2.45) is 5.11 Å². The second-order valence-corrected chi connectivity index (χ2v) is 2.83. The highest BCUT2D eigenvalue weighted by Gasteiger charge is 2.07. The normalized spacial score (nSPS) is 12.0. The van der Waals surface area contributed by atoms with E-state index in [1.165, 1.54) is 12.1 Å². The summed E-state index contributed by atoms with van der Waals surface area (Å²) in [5.41, 5.74) is 8.85. The summed E-state index contributed by atoms with van der Waals surface area (Å²) in [7, 11) is 0. The van der Waals surface area contributed by atoms with Crippen LogP contribution in [0.3, 0.4) is 0 Å². The summed E-state index contributed by atoms with van der Waals surface area (Å²) in [5, 5.41) is 3.45. The molecule has 15 heavy (non-hydrogen) atoms. The molecular weight excluding hydrogens is 204 g/mol. The molecule has 4 nitrogen and oxygen atoms in total. The van der Waals surface area contributed by atoms with Crippen molar-refractivity contribution in [1.82, 2.24) is 0 Å². The molecule has 0 aliphatic carbocycles. The van der Waals surface area contributed by atoms with Gasteiger partial charge >= 0.3 is 6.61 Å². The number of nitrogens with zero attached hydrogens (tertiary/aromatic N) is 3. The van der Waals surface area contributed by atoms with Gasteiger partial charge in [0.15, 0.2) is 0 Å².